The number of hydrogen-bond acceptors (Lipinski definition) is 5. The summed E-state index contributed by atoms with van der Waals surface area (Å²) >= 11 is 1.67. The maximum Gasteiger partial charge on any atom is 0.236 e. The standard InChI is InChI=1S/C27H35N3O3S/c1-20-5-6-24-23(15-20)16-28(17-25(33-24)22-9-14-34-19-22)18-26(31)29-12-7-21(8-13-29)27(32)30-10-3-2-4-11-30/h5-6,9,14-15,19,21,25H,2-4,7-8,10-13,16-18H2,1H3/t25-/m1/s1. The predicted octanol–water partition coefficient (Wildman–Crippen LogP) is 4.24. The van der Waals surface area contributed by atoms with Gasteiger partial charge in [0.25, 0.3) is 0 Å². The van der Waals surface area contributed by atoms with Gasteiger partial charge >= 0.3 is 0 Å². The van der Waals surface area contributed by atoms with Crippen LogP contribution < -0.4 is 4.74 Å². The van der Waals surface area contributed by atoms with Gasteiger partial charge in [-0.2, -0.15) is 11.3 Å². The largest absolute Gasteiger partial charge is 0.484 e. The van der Waals surface area contributed by atoms with Gasteiger partial charge in [0.2, 0.25) is 11.8 Å². The third-order valence-electron chi connectivity index (χ3n) is 7.44. The van der Waals surface area contributed by atoms with E-state index in [2.05, 4.69) is 46.8 Å². The minimum atomic E-state index is -0.0871. The minimum Gasteiger partial charge on any atom is -0.484 e. The third kappa shape index (κ3) is 5.31. The molecule has 3 aliphatic rings. The minimum absolute atomic E-state index is 0.0755. The molecule has 5 rings (SSSR count). The van der Waals surface area contributed by atoms with Crippen LogP contribution in [0, 0.1) is 12.8 Å². The molecule has 0 radical (unpaired) electrons. The number of ether oxygens (including phenoxy) is 1. The first kappa shape index (κ1) is 23.4. The quantitative estimate of drug-likeness (QED) is 0.655. The Morgan fingerprint density at radius 1 is 1.03 bits per heavy atom. The lowest BCUT2D eigenvalue weighted by atomic mass is 9.94. The topological polar surface area (TPSA) is 53.1 Å². The number of fused-ring (bicyclic) bond motifs is 1. The molecule has 1 atom stereocenters. The van der Waals surface area contributed by atoms with Gasteiger partial charge in [-0.25, -0.2) is 0 Å². The first-order valence-corrected chi connectivity index (χ1v) is 13.6. The number of amides is 2. The van der Waals surface area contributed by atoms with E-state index in [1.807, 2.05) is 9.80 Å². The maximum absolute atomic E-state index is 13.3. The highest BCUT2D eigenvalue weighted by atomic mass is 32.1. The van der Waals surface area contributed by atoms with Crippen LogP contribution >= 0.6 is 11.3 Å². The molecule has 34 heavy (non-hydrogen) atoms. The van der Waals surface area contributed by atoms with E-state index in [4.69, 9.17) is 4.74 Å². The number of likely N-dealkylation sites (tertiary alicyclic amines) is 2. The Balaban J connectivity index is 1.21. The van der Waals surface area contributed by atoms with Crippen molar-refractivity contribution in [2.45, 2.75) is 51.7 Å². The second-order valence-electron chi connectivity index (χ2n) is 9.98. The molecule has 0 saturated carbocycles. The molecule has 0 unspecified atom stereocenters. The fourth-order valence-electron chi connectivity index (χ4n) is 5.47. The van der Waals surface area contributed by atoms with Crippen molar-refractivity contribution in [2.75, 3.05) is 39.3 Å². The number of hydrogen-bond donors (Lipinski definition) is 0. The van der Waals surface area contributed by atoms with Crippen LogP contribution in [0.5, 0.6) is 5.75 Å². The first-order chi connectivity index (χ1) is 16.6. The molecule has 1 aromatic heterocycles. The Labute approximate surface area is 206 Å². The van der Waals surface area contributed by atoms with E-state index >= 15 is 0 Å². The molecule has 2 saturated heterocycles. The summed E-state index contributed by atoms with van der Waals surface area (Å²) in [5, 5.41) is 4.21. The number of benzene rings is 1. The lowest BCUT2D eigenvalue weighted by Gasteiger charge is -2.36. The summed E-state index contributed by atoms with van der Waals surface area (Å²) in [6, 6.07) is 8.41. The zero-order chi connectivity index (χ0) is 23.5. The number of aryl methyl sites for hydroxylation is 1. The van der Waals surface area contributed by atoms with E-state index in [9.17, 15) is 9.59 Å². The highest BCUT2D eigenvalue weighted by Crippen LogP contribution is 2.33. The fourth-order valence-corrected chi connectivity index (χ4v) is 6.17. The summed E-state index contributed by atoms with van der Waals surface area (Å²) in [5.41, 5.74) is 3.49. The Kier molecular flexibility index (Phi) is 7.21. The van der Waals surface area contributed by atoms with Crippen molar-refractivity contribution in [1.29, 1.82) is 0 Å². The molecular formula is C27H35N3O3S. The molecule has 0 aliphatic carbocycles. The summed E-state index contributed by atoms with van der Waals surface area (Å²) in [6.45, 7) is 7.01. The smallest absolute Gasteiger partial charge is 0.236 e. The van der Waals surface area contributed by atoms with Crippen LogP contribution in [-0.2, 0) is 16.1 Å². The number of nitrogens with zero attached hydrogens (tertiary/aromatic N) is 3. The van der Waals surface area contributed by atoms with Gasteiger partial charge < -0.3 is 14.5 Å². The van der Waals surface area contributed by atoms with Crippen molar-refractivity contribution in [3.63, 3.8) is 0 Å². The zero-order valence-corrected chi connectivity index (χ0v) is 20.9. The molecular weight excluding hydrogens is 446 g/mol. The van der Waals surface area contributed by atoms with Gasteiger partial charge in [-0.05, 0) is 61.9 Å². The van der Waals surface area contributed by atoms with Crippen LogP contribution in [0.25, 0.3) is 0 Å². The molecule has 0 spiro atoms. The molecule has 3 aliphatic heterocycles. The van der Waals surface area contributed by atoms with Gasteiger partial charge in [-0.3, -0.25) is 14.5 Å². The molecule has 0 N–H and O–H groups in total. The van der Waals surface area contributed by atoms with E-state index in [1.54, 1.807) is 11.3 Å². The molecule has 4 heterocycles. The van der Waals surface area contributed by atoms with Crippen molar-refractivity contribution in [3.05, 3.63) is 51.7 Å². The average molecular weight is 482 g/mol. The number of carbonyl (C=O) groups is 2. The van der Waals surface area contributed by atoms with Crippen molar-refractivity contribution in [2.24, 2.45) is 5.92 Å². The van der Waals surface area contributed by atoms with Crippen LogP contribution in [0.4, 0.5) is 0 Å². The van der Waals surface area contributed by atoms with Gasteiger partial charge in [0, 0.05) is 56.3 Å². The van der Waals surface area contributed by atoms with Gasteiger partial charge in [0.15, 0.2) is 0 Å². The molecule has 1 aromatic carbocycles. The Morgan fingerprint density at radius 2 is 1.82 bits per heavy atom. The molecule has 0 bridgehead atoms. The highest BCUT2D eigenvalue weighted by Gasteiger charge is 2.32. The van der Waals surface area contributed by atoms with Crippen molar-refractivity contribution in [1.82, 2.24) is 14.7 Å². The molecule has 182 valence electrons. The molecule has 2 amide bonds. The second-order valence-corrected chi connectivity index (χ2v) is 10.8. The number of piperidine rings is 2. The Bertz CT molecular complexity index is 995. The summed E-state index contributed by atoms with van der Waals surface area (Å²) in [5.74, 6) is 1.45. The van der Waals surface area contributed by atoms with E-state index in [1.165, 1.54) is 12.0 Å². The maximum atomic E-state index is 13.3. The molecule has 2 aromatic rings. The average Bonchev–Trinajstić information content (AvgIpc) is 3.34. The van der Waals surface area contributed by atoms with Crippen LogP contribution in [0.2, 0.25) is 0 Å². The zero-order valence-electron chi connectivity index (χ0n) is 20.1. The van der Waals surface area contributed by atoms with Gasteiger partial charge in [0.1, 0.15) is 11.9 Å². The summed E-state index contributed by atoms with van der Waals surface area (Å²) in [4.78, 5) is 32.4. The number of thiophene rings is 1. The lowest BCUT2D eigenvalue weighted by Crippen LogP contribution is -2.48. The summed E-state index contributed by atoms with van der Waals surface area (Å²) < 4.78 is 6.41. The summed E-state index contributed by atoms with van der Waals surface area (Å²) in [7, 11) is 0. The predicted molar refractivity (Wildman–Crippen MR) is 134 cm³/mol. The van der Waals surface area contributed by atoms with Crippen LogP contribution in [0.3, 0.4) is 0 Å². The van der Waals surface area contributed by atoms with Crippen LogP contribution in [0.1, 0.15) is 54.9 Å². The van der Waals surface area contributed by atoms with Gasteiger partial charge in [0.05, 0.1) is 6.54 Å². The van der Waals surface area contributed by atoms with Crippen molar-refractivity contribution >= 4 is 23.2 Å². The molecule has 6 nitrogen and oxygen atoms in total. The van der Waals surface area contributed by atoms with Gasteiger partial charge in [-0.1, -0.05) is 17.7 Å². The Hall–Kier alpha value is -2.38. The number of carbonyl (C=O) groups excluding carboxylic acids is 2. The van der Waals surface area contributed by atoms with E-state index in [0.717, 1.165) is 55.6 Å². The Morgan fingerprint density at radius 3 is 2.56 bits per heavy atom. The van der Waals surface area contributed by atoms with E-state index < -0.39 is 0 Å². The van der Waals surface area contributed by atoms with Crippen molar-refractivity contribution < 1.29 is 14.3 Å². The highest BCUT2D eigenvalue weighted by molar-refractivity contribution is 7.07. The van der Waals surface area contributed by atoms with Gasteiger partial charge in [-0.15, -0.1) is 0 Å². The fraction of sp³-hybridized carbons (Fsp3) is 0.556. The van der Waals surface area contributed by atoms with Crippen LogP contribution in [0.15, 0.2) is 35.0 Å². The summed E-state index contributed by atoms with van der Waals surface area (Å²) in [6.07, 6.45) is 4.95. The van der Waals surface area contributed by atoms with E-state index in [0.29, 0.717) is 38.6 Å². The van der Waals surface area contributed by atoms with Crippen molar-refractivity contribution in [3.8, 4) is 5.75 Å². The monoisotopic (exact) mass is 481 g/mol. The third-order valence-corrected chi connectivity index (χ3v) is 8.14. The lowest BCUT2D eigenvalue weighted by molar-refractivity contribution is -0.142. The van der Waals surface area contributed by atoms with E-state index in [-0.39, 0.29) is 17.9 Å². The second kappa shape index (κ2) is 10.5. The molecule has 2 fully saturated rings. The first-order valence-electron chi connectivity index (χ1n) is 12.6. The molecule has 7 heteroatoms. The normalized spacial score (nSPS) is 22.1. The SMILES string of the molecule is Cc1ccc2c(c1)CN(CC(=O)N1CCC(C(=O)N3CCCCC3)CC1)C[C@H](c1ccsc1)O2. The number of rotatable bonds is 4. The van der Waals surface area contributed by atoms with Crippen LogP contribution in [-0.4, -0.2) is 65.8 Å².